The van der Waals surface area contributed by atoms with Gasteiger partial charge in [-0.25, -0.2) is 4.98 Å². The summed E-state index contributed by atoms with van der Waals surface area (Å²) in [5, 5.41) is 4.12. The first-order valence-electron chi connectivity index (χ1n) is 8.30. The van der Waals surface area contributed by atoms with Gasteiger partial charge in [0.25, 0.3) is 0 Å². The third kappa shape index (κ3) is 3.36. The number of rotatable bonds is 5. The number of hydrogen-bond acceptors (Lipinski definition) is 7. The first-order chi connectivity index (χ1) is 12.3. The van der Waals surface area contributed by atoms with Crippen molar-refractivity contribution in [3.05, 3.63) is 54.3 Å². The molecule has 0 radical (unpaired) electrons. The molecular formula is C18H19N5O2. The van der Waals surface area contributed by atoms with Gasteiger partial charge in [0.15, 0.2) is 0 Å². The summed E-state index contributed by atoms with van der Waals surface area (Å²) in [6, 6.07) is 7.90. The van der Waals surface area contributed by atoms with Crippen LogP contribution < -0.4 is 4.74 Å². The number of nitrogens with zero attached hydrogens (tertiary/aromatic N) is 5. The van der Waals surface area contributed by atoms with Gasteiger partial charge in [-0.15, -0.1) is 0 Å². The van der Waals surface area contributed by atoms with Crippen molar-refractivity contribution in [2.45, 2.75) is 25.4 Å². The molecule has 0 aliphatic carbocycles. The Morgan fingerprint density at radius 3 is 2.88 bits per heavy atom. The minimum Gasteiger partial charge on any atom is -0.481 e. The molecule has 3 aromatic rings. The number of likely N-dealkylation sites (tertiary alicyclic amines) is 1. The van der Waals surface area contributed by atoms with E-state index in [1.165, 1.54) is 5.56 Å². The van der Waals surface area contributed by atoms with Crippen molar-refractivity contribution in [3.8, 4) is 17.3 Å². The summed E-state index contributed by atoms with van der Waals surface area (Å²) < 4.78 is 10.6. The average Bonchev–Trinajstić information content (AvgIpc) is 3.32. The van der Waals surface area contributed by atoms with Crippen LogP contribution in [0.1, 0.15) is 30.3 Å². The second-order valence-corrected chi connectivity index (χ2v) is 6.03. The predicted molar refractivity (Wildman–Crippen MR) is 90.7 cm³/mol. The summed E-state index contributed by atoms with van der Waals surface area (Å²) in [5.74, 6) is 1.78. The molecule has 25 heavy (non-hydrogen) atoms. The van der Waals surface area contributed by atoms with Crippen molar-refractivity contribution >= 4 is 0 Å². The lowest BCUT2D eigenvalue weighted by Crippen LogP contribution is -2.23. The fourth-order valence-corrected chi connectivity index (χ4v) is 3.14. The molecule has 0 amide bonds. The number of hydrogen-bond donors (Lipinski definition) is 0. The standard InChI is InChI=1S/C18H19N5O2/c1-24-16-5-4-14(11-20-16)17-21-18(25-22-17)15-3-2-10-23(15)12-13-6-8-19-9-7-13/h4-9,11,15H,2-3,10,12H2,1H3. The highest BCUT2D eigenvalue weighted by Gasteiger charge is 2.30. The van der Waals surface area contributed by atoms with Gasteiger partial charge in [-0.05, 0) is 43.1 Å². The van der Waals surface area contributed by atoms with Crippen LogP contribution in [-0.4, -0.2) is 38.7 Å². The molecule has 1 atom stereocenters. The van der Waals surface area contributed by atoms with Gasteiger partial charge in [0, 0.05) is 36.8 Å². The van der Waals surface area contributed by atoms with Gasteiger partial charge >= 0.3 is 0 Å². The van der Waals surface area contributed by atoms with E-state index >= 15 is 0 Å². The number of pyridine rings is 2. The van der Waals surface area contributed by atoms with Crippen LogP contribution in [0.3, 0.4) is 0 Å². The lowest BCUT2D eigenvalue weighted by atomic mass is 10.2. The lowest BCUT2D eigenvalue weighted by Gasteiger charge is -2.21. The van der Waals surface area contributed by atoms with E-state index in [0.29, 0.717) is 17.6 Å². The van der Waals surface area contributed by atoms with Crippen LogP contribution in [0.25, 0.3) is 11.4 Å². The quantitative estimate of drug-likeness (QED) is 0.708. The maximum absolute atomic E-state index is 5.55. The van der Waals surface area contributed by atoms with Gasteiger partial charge in [0.2, 0.25) is 17.6 Å². The highest BCUT2D eigenvalue weighted by Crippen LogP contribution is 2.33. The third-order valence-electron chi connectivity index (χ3n) is 4.43. The largest absolute Gasteiger partial charge is 0.481 e. The molecule has 0 bridgehead atoms. The fraction of sp³-hybridized carbons (Fsp3) is 0.333. The van der Waals surface area contributed by atoms with Crippen LogP contribution in [0, 0.1) is 0 Å². The molecule has 1 aliphatic heterocycles. The summed E-state index contributed by atoms with van der Waals surface area (Å²) in [7, 11) is 1.59. The van der Waals surface area contributed by atoms with Crippen LogP contribution in [-0.2, 0) is 6.54 Å². The number of methoxy groups -OCH3 is 1. The molecule has 0 aromatic carbocycles. The molecule has 1 saturated heterocycles. The fourth-order valence-electron chi connectivity index (χ4n) is 3.14. The Balaban J connectivity index is 1.52. The van der Waals surface area contributed by atoms with Crippen molar-refractivity contribution in [2.24, 2.45) is 0 Å². The monoisotopic (exact) mass is 337 g/mol. The van der Waals surface area contributed by atoms with E-state index in [1.807, 2.05) is 30.6 Å². The normalized spacial score (nSPS) is 17.7. The minimum absolute atomic E-state index is 0.153. The zero-order valence-electron chi connectivity index (χ0n) is 14.0. The molecular weight excluding hydrogens is 318 g/mol. The molecule has 7 heteroatoms. The summed E-state index contributed by atoms with van der Waals surface area (Å²) in [4.78, 5) is 15.2. The zero-order chi connectivity index (χ0) is 17.1. The number of aromatic nitrogens is 4. The van der Waals surface area contributed by atoms with Crippen molar-refractivity contribution in [2.75, 3.05) is 13.7 Å². The predicted octanol–water partition coefficient (Wildman–Crippen LogP) is 2.87. The molecule has 4 heterocycles. The van der Waals surface area contributed by atoms with Crippen LogP contribution in [0.15, 0.2) is 47.4 Å². The Morgan fingerprint density at radius 2 is 2.12 bits per heavy atom. The number of ether oxygens (including phenoxy) is 1. The maximum atomic E-state index is 5.55. The van der Waals surface area contributed by atoms with Gasteiger partial charge in [0.1, 0.15) is 0 Å². The lowest BCUT2D eigenvalue weighted by molar-refractivity contribution is 0.201. The highest BCUT2D eigenvalue weighted by molar-refractivity contribution is 5.53. The molecule has 0 spiro atoms. The van der Waals surface area contributed by atoms with Crippen LogP contribution >= 0.6 is 0 Å². The SMILES string of the molecule is COc1ccc(-c2noc(C3CCCN3Cc3ccncc3)n2)cn1. The van der Waals surface area contributed by atoms with E-state index in [2.05, 4.69) is 25.0 Å². The topological polar surface area (TPSA) is 77.2 Å². The zero-order valence-corrected chi connectivity index (χ0v) is 14.0. The van der Waals surface area contributed by atoms with Crippen molar-refractivity contribution in [1.29, 1.82) is 0 Å². The summed E-state index contributed by atoms with van der Waals surface area (Å²) >= 11 is 0. The van der Waals surface area contributed by atoms with E-state index in [9.17, 15) is 0 Å². The Morgan fingerprint density at radius 1 is 1.24 bits per heavy atom. The van der Waals surface area contributed by atoms with Gasteiger partial charge in [-0.1, -0.05) is 5.16 Å². The summed E-state index contributed by atoms with van der Waals surface area (Å²) in [6.45, 7) is 1.88. The molecule has 0 saturated carbocycles. The van der Waals surface area contributed by atoms with Gasteiger partial charge in [-0.3, -0.25) is 9.88 Å². The van der Waals surface area contributed by atoms with E-state index in [4.69, 9.17) is 9.26 Å². The Kier molecular flexibility index (Phi) is 4.39. The molecule has 3 aromatic heterocycles. The third-order valence-corrected chi connectivity index (χ3v) is 4.43. The molecule has 4 rings (SSSR count). The van der Waals surface area contributed by atoms with E-state index in [-0.39, 0.29) is 6.04 Å². The van der Waals surface area contributed by atoms with Crippen LogP contribution in [0.5, 0.6) is 5.88 Å². The first-order valence-corrected chi connectivity index (χ1v) is 8.30. The van der Waals surface area contributed by atoms with E-state index in [0.717, 1.165) is 31.5 Å². The van der Waals surface area contributed by atoms with Crippen LogP contribution in [0.2, 0.25) is 0 Å². The molecule has 1 aliphatic rings. The smallest absolute Gasteiger partial charge is 0.244 e. The Labute approximate surface area is 145 Å². The molecule has 0 N–H and O–H groups in total. The second-order valence-electron chi connectivity index (χ2n) is 6.03. The van der Waals surface area contributed by atoms with Gasteiger partial charge in [-0.2, -0.15) is 4.98 Å². The Hall–Kier alpha value is -2.80. The van der Waals surface area contributed by atoms with Gasteiger partial charge < -0.3 is 9.26 Å². The summed E-state index contributed by atoms with van der Waals surface area (Å²) in [5.41, 5.74) is 2.05. The van der Waals surface area contributed by atoms with Gasteiger partial charge in [0.05, 0.1) is 13.2 Å². The average molecular weight is 337 g/mol. The highest BCUT2D eigenvalue weighted by atomic mass is 16.5. The Bertz CT molecular complexity index is 819. The molecule has 7 nitrogen and oxygen atoms in total. The molecule has 1 unspecified atom stereocenters. The maximum Gasteiger partial charge on any atom is 0.244 e. The molecule has 128 valence electrons. The van der Waals surface area contributed by atoms with Crippen LogP contribution in [0.4, 0.5) is 0 Å². The summed E-state index contributed by atoms with van der Waals surface area (Å²) in [6.07, 6.45) is 7.48. The van der Waals surface area contributed by atoms with Crippen molar-refractivity contribution < 1.29 is 9.26 Å². The van der Waals surface area contributed by atoms with Crippen molar-refractivity contribution in [1.82, 2.24) is 25.0 Å². The first kappa shape index (κ1) is 15.7. The minimum atomic E-state index is 0.153. The molecule has 1 fully saturated rings. The van der Waals surface area contributed by atoms with E-state index < -0.39 is 0 Å². The van der Waals surface area contributed by atoms with Crippen molar-refractivity contribution in [3.63, 3.8) is 0 Å². The van der Waals surface area contributed by atoms with E-state index in [1.54, 1.807) is 19.4 Å². The second kappa shape index (κ2) is 6.98.